The maximum Gasteiger partial charge on any atom is 0.267 e. The Bertz CT molecular complexity index is 625. The molecule has 0 heterocycles. The van der Waals surface area contributed by atoms with E-state index in [0.29, 0.717) is 32.0 Å². The molecule has 1 atom stereocenters. The van der Waals surface area contributed by atoms with Crippen molar-refractivity contribution in [1.82, 2.24) is 0 Å². The van der Waals surface area contributed by atoms with Gasteiger partial charge in [-0.1, -0.05) is 0 Å². The standard InChI is InChI=1S/C16H26FNO6S/c1-4-18(8-7-13(19)11-25(20,21)22)12-9-14(23-5-2)16(17)15(10-12)24-6-3/h9-10,13,19H,4-8,11H2,1-3H3,(H,20,21,22). The second-order valence-corrected chi connectivity index (χ2v) is 6.89. The second kappa shape index (κ2) is 9.79. The third-order valence-corrected chi connectivity index (χ3v) is 4.28. The minimum Gasteiger partial charge on any atom is -0.491 e. The van der Waals surface area contributed by atoms with E-state index in [4.69, 9.17) is 14.0 Å². The molecule has 0 spiro atoms. The van der Waals surface area contributed by atoms with Crippen LogP contribution in [0, 0.1) is 5.82 Å². The summed E-state index contributed by atoms with van der Waals surface area (Å²) < 4.78 is 55.3. The predicted octanol–water partition coefficient (Wildman–Crippen LogP) is 2.09. The van der Waals surface area contributed by atoms with Crippen LogP contribution in [-0.4, -0.2) is 56.2 Å². The first-order chi connectivity index (χ1) is 11.7. The van der Waals surface area contributed by atoms with Gasteiger partial charge in [0.15, 0.2) is 11.5 Å². The van der Waals surface area contributed by atoms with Crippen molar-refractivity contribution in [2.24, 2.45) is 0 Å². The highest BCUT2D eigenvalue weighted by Gasteiger charge is 2.18. The summed E-state index contributed by atoms with van der Waals surface area (Å²) in [5.41, 5.74) is 0.634. The molecular formula is C16H26FNO6S. The molecule has 0 saturated heterocycles. The van der Waals surface area contributed by atoms with E-state index < -0.39 is 27.8 Å². The van der Waals surface area contributed by atoms with Crippen LogP contribution in [0.5, 0.6) is 11.5 Å². The van der Waals surface area contributed by atoms with Gasteiger partial charge in [0, 0.05) is 30.9 Å². The molecule has 7 nitrogen and oxygen atoms in total. The topological polar surface area (TPSA) is 96.3 Å². The van der Waals surface area contributed by atoms with Crippen LogP contribution in [0.4, 0.5) is 10.1 Å². The fourth-order valence-corrected chi connectivity index (χ4v) is 3.02. The number of ether oxygens (including phenoxy) is 2. The number of benzene rings is 1. The Morgan fingerprint density at radius 1 is 1.16 bits per heavy atom. The molecule has 0 bridgehead atoms. The number of nitrogens with zero attached hydrogens (tertiary/aromatic N) is 1. The molecule has 2 N–H and O–H groups in total. The summed E-state index contributed by atoms with van der Waals surface area (Å²) in [7, 11) is -4.23. The van der Waals surface area contributed by atoms with Gasteiger partial charge in [0.25, 0.3) is 10.1 Å². The number of halogens is 1. The van der Waals surface area contributed by atoms with Crippen LogP contribution in [-0.2, 0) is 10.1 Å². The van der Waals surface area contributed by atoms with Crippen molar-refractivity contribution in [2.75, 3.05) is 37.0 Å². The molecule has 0 amide bonds. The van der Waals surface area contributed by atoms with Crippen molar-refractivity contribution in [2.45, 2.75) is 33.3 Å². The number of hydrogen-bond acceptors (Lipinski definition) is 6. The lowest BCUT2D eigenvalue weighted by Crippen LogP contribution is -2.30. The van der Waals surface area contributed by atoms with Crippen molar-refractivity contribution in [1.29, 1.82) is 0 Å². The highest BCUT2D eigenvalue weighted by atomic mass is 32.2. The van der Waals surface area contributed by atoms with E-state index in [1.54, 1.807) is 26.0 Å². The lowest BCUT2D eigenvalue weighted by Gasteiger charge is -2.25. The molecule has 0 fully saturated rings. The lowest BCUT2D eigenvalue weighted by molar-refractivity contribution is 0.186. The third kappa shape index (κ3) is 7.05. The van der Waals surface area contributed by atoms with Gasteiger partial charge in [0.1, 0.15) is 5.75 Å². The van der Waals surface area contributed by atoms with Crippen LogP contribution < -0.4 is 14.4 Å². The minimum absolute atomic E-state index is 0.0698. The van der Waals surface area contributed by atoms with Gasteiger partial charge in [-0.25, -0.2) is 0 Å². The number of aliphatic hydroxyl groups excluding tert-OH is 1. The molecule has 0 aliphatic rings. The van der Waals surface area contributed by atoms with E-state index >= 15 is 0 Å². The third-order valence-electron chi connectivity index (χ3n) is 3.47. The Hall–Kier alpha value is -1.58. The SMILES string of the molecule is CCOc1cc(N(CC)CCC(O)CS(=O)(=O)O)cc(OCC)c1F. The number of hydrogen-bond donors (Lipinski definition) is 2. The molecule has 25 heavy (non-hydrogen) atoms. The van der Waals surface area contributed by atoms with Gasteiger partial charge in [-0.3, -0.25) is 4.55 Å². The molecule has 1 aromatic rings. The van der Waals surface area contributed by atoms with Crippen molar-refractivity contribution >= 4 is 15.8 Å². The van der Waals surface area contributed by atoms with Gasteiger partial charge >= 0.3 is 0 Å². The lowest BCUT2D eigenvalue weighted by atomic mass is 10.2. The molecule has 9 heteroatoms. The van der Waals surface area contributed by atoms with Gasteiger partial charge in [0.2, 0.25) is 5.82 Å². The monoisotopic (exact) mass is 379 g/mol. The van der Waals surface area contributed by atoms with Gasteiger partial charge in [-0.15, -0.1) is 0 Å². The van der Waals surface area contributed by atoms with E-state index in [-0.39, 0.29) is 17.9 Å². The zero-order valence-corrected chi connectivity index (χ0v) is 15.6. The summed E-state index contributed by atoms with van der Waals surface area (Å²) in [6.45, 7) is 6.82. The van der Waals surface area contributed by atoms with Gasteiger partial charge in [-0.2, -0.15) is 12.8 Å². The Kier molecular flexibility index (Phi) is 8.40. The first kappa shape index (κ1) is 21.5. The summed E-state index contributed by atoms with van der Waals surface area (Å²) in [5, 5.41) is 9.72. The molecule has 144 valence electrons. The normalized spacial score (nSPS) is 12.7. The number of anilines is 1. The Labute approximate surface area is 148 Å². The average Bonchev–Trinajstić information content (AvgIpc) is 2.50. The summed E-state index contributed by atoms with van der Waals surface area (Å²) in [6, 6.07) is 3.08. The van der Waals surface area contributed by atoms with E-state index in [2.05, 4.69) is 0 Å². The highest BCUT2D eigenvalue weighted by Crippen LogP contribution is 2.33. The van der Waals surface area contributed by atoms with Crippen molar-refractivity contribution in [3.8, 4) is 11.5 Å². The van der Waals surface area contributed by atoms with Crippen LogP contribution in [0.1, 0.15) is 27.2 Å². The summed E-state index contributed by atoms with van der Waals surface area (Å²) >= 11 is 0. The fraction of sp³-hybridized carbons (Fsp3) is 0.625. The summed E-state index contributed by atoms with van der Waals surface area (Å²) in [6.07, 6.45) is -1.07. The molecule has 1 aromatic carbocycles. The fourth-order valence-electron chi connectivity index (χ4n) is 2.36. The Morgan fingerprint density at radius 3 is 2.08 bits per heavy atom. The second-order valence-electron chi connectivity index (χ2n) is 5.39. The highest BCUT2D eigenvalue weighted by molar-refractivity contribution is 7.85. The number of aliphatic hydroxyl groups is 1. The van der Waals surface area contributed by atoms with Crippen LogP contribution in [0.15, 0.2) is 12.1 Å². The average molecular weight is 379 g/mol. The van der Waals surface area contributed by atoms with E-state index in [0.717, 1.165) is 0 Å². The molecule has 0 aromatic heterocycles. The maximum atomic E-state index is 14.3. The molecule has 0 aliphatic carbocycles. The molecule has 1 unspecified atom stereocenters. The van der Waals surface area contributed by atoms with Crippen molar-refractivity contribution in [3.63, 3.8) is 0 Å². The van der Waals surface area contributed by atoms with Gasteiger partial charge < -0.3 is 19.5 Å². The molecule has 0 aliphatic heterocycles. The summed E-state index contributed by atoms with van der Waals surface area (Å²) in [5.74, 6) is -1.15. The van der Waals surface area contributed by atoms with E-state index in [1.165, 1.54) is 0 Å². The van der Waals surface area contributed by atoms with Gasteiger partial charge in [-0.05, 0) is 27.2 Å². The van der Waals surface area contributed by atoms with E-state index in [9.17, 15) is 17.9 Å². The van der Waals surface area contributed by atoms with Crippen molar-refractivity contribution in [3.05, 3.63) is 17.9 Å². The molecule has 0 radical (unpaired) electrons. The summed E-state index contributed by atoms with van der Waals surface area (Å²) in [4.78, 5) is 1.83. The predicted molar refractivity (Wildman–Crippen MR) is 93.7 cm³/mol. The van der Waals surface area contributed by atoms with Crippen LogP contribution in [0.25, 0.3) is 0 Å². The maximum absolute atomic E-state index is 14.3. The zero-order chi connectivity index (χ0) is 19.0. The first-order valence-electron chi connectivity index (χ1n) is 8.19. The van der Waals surface area contributed by atoms with Crippen LogP contribution in [0.2, 0.25) is 0 Å². The van der Waals surface area contributed by atoms with Crippen LogP contribution in [0.3, 0.4) is 0 Å². The Balaban J connectivity index is 2.97. The minimum atomic E-state index is -4.23. The van der Waals surface area contributed by atoms with E-state index in [1.807, 2.05) is 11.8 Å². The largest absolute Gasteiger partial charge is 0.491 e. The molecular weight excluding hydrogens is 353 g/mol. The van der Waals surface area contributed by atoms with Crippen LogP contribution >= 0.6 is 0 Å². The quantitative estimate of drug-likeness (QED) is 0.568. The number of rotatable bonds is 11. The smallest absolute Gasteiger partial charge is 0.267 e. The van der Waals surface area contributed by atoms with Gasteiger partial charge in [0.05, 0.1) is 19.3 Å². The molecule has 0 saturated carbocycles. The Morgan fingerprint density at radius 2 is 1.68 bits per heavy atom. The zero-order valence-electron chi connectivity index (χ0n) is 14.7. The first-order valence-corrected chi connectivity index (χ1v) is 9.80. The van der Waals surface area contributed by atoms with Crippen molar-refractivity contribution < 1.29 is 31.9 Å². The molecule has 1 rings (SSSR count).